The van der Waals surface area contributed by atoms with Crippen molar-refractivity contribution in [1.82, 2.24) is 0 Å². The summed E-state index contributed by atoms with van der Waals surface area (Å²) in [6.45, 7) is 2.73. The molecule has 0 aliphatic heterocycles. The summed E-state index contributed by atoms with van der Waals surface area (Å²) < 4.78 is 0. The van der Waals surface area contributed by atoms with E-state index in [0.717, 1.165) is 0 Å². The number of rotatable bonds is 3. The van der Waals surface area contributed by atoms with Gasteiger partial charge in [0.25, 0.3) is 0 Å². The first-order valence-corrected chi connectivity index (χ1v) is 5.64. The predicted octanol–water partition coefficient (Wildman–Crippen LogP) is 2.97. The van der Waals surface area contributed by atoms with Gasteiger partial charge in [-0.05, 0) is 24.6 Å². The molecule has 0 unspecified atom stereocenters. The molecule has 2 aromatic carbocycles. The summed E-state index contributed by atoms with van der Waals surface area (Å²) in [4.78, 5) is 11.6. The highest BCUT2D eigenvalue weighted by Crippen LogP contribution is 2.05. The molecule has 17 heavy (non-hydrogen) atoms. The van der Waals surface area contributed by atoms with Gasteiger partial charge in [0.2, 0.25) is 5.43 Å². The van der Waals surface area contributed by atoms with Crippen molar-refractivity contribution < 1.29 is 0 Å². The Balaban J connectivity index is 2.10. The highest BCUT2D eigenvalue weighted by atomic mass is 16.1. The van der Waals surface area contributed by atoms with Crippen molar-refractivity contribution in [2.75, 3.05) is 5.32 Å². The van der Waals surface area contributed by atoms with Crippen molar-refractivity contribution in [3.63, 3.8) is 0 Å². The first-order valence-electron chi connectivity index (χ1n) is 5.64. The Morgan fingerprint density at radius 3 is 2.41 bits per heavy atom. The van der Waals surface area contributed by atoms with E-state index in [-0.39, 0.29) is 5.43 Å². The van der Waals surface area contributed by atoms with Gasteiger partial charge in [0.05, 0.1) is 5.69 Å². The lowest BCUT2D eigenvalue weighted by Crippen LogP contribution is -2.08. The van der Waals surface area contributed by atoms with Crippen LogP contribution in [0.1, 0.15) is 11.1 Å². The molecule has 1 N–H and O–H groups in total. The van der Waals surface area contributed by atoms with Crippen LogP contribution in [0.15, 0.2) is 59.4 Å². The molecule has 2 nitrogen and oxygen atoms in total. The molecule has 0 aliphatic rings. The molecule has 2 rings (SSSR count). The lowest BCUT2D eigenvalue weighted by molar-refractivity contribution is 1.14. The number of nitrogens with one attached hydrogen (secondary N) is 1. The van der Waals surface area contributed by atoms with E-state index in [4.69, 9.17) is 0 Å². The van der Waals surface area contributed by atoms with Crippen LogP contribution in [0.4, 0.5) is 5.69 Å². The van der Waals surface area contributed by atoms with Crippen molar-refractivity contribution in [1.29, 1.82) is 0 Å². The first kappa shape index (κ1) is 11.4. The smallest absolute Gasteiger partial charge is 0.201 e. The first-order chi connectivity index (χ1) is 8.25. The summed E-state index contributed by atoms with van der Waals surface area (Å²) in [5.74, 6) is 0. The maximum Gasteiger partial charge on any atom is 0.201 e. The second-order valence-corrected chi connectivity index (χ2v) is 4.03. The summed E-state index contributed by atoms with van der Waals surface area (Å²) in [5, 5.41) is 3.16. The van der Waals surface area contributed by atoms with Gasteiger partial charge >= 0.3 is 0 Å². The number of hydrogen-bond donors (Lipinski definition) is 1. The lowest BCUT2D eigenvalue weighted by Gasteiger charge is -2.04. The summed E-state index contributed by atoms with van der Waals surface area (Å²) >= 11 is 0. The Hall–Kier alpha value is -2.09. The van der Waals surface area contributed by atoms with Gasteiger partial charge in [0, 0.05) is 6.54 Å². The van der Waals surface area contributed by atoms with E-state index in [2.05, 4.69) is 36.5 Å². The molecular formula is C15H15NO. The minimum absolute atomic E-state index is 0.0158. The third-order valence-corrected chi connectivity index (χ3v) is 2.60. The van der Waals surface area contributed by atoms with Gasteiger partial charge in [-0.1, -0.05) is 48.0 Å². The molecule has 0 fully saturated rings. The Morgan fingerprint density at radius 1 is 0.941 bits per heavy atom. The van der Waals surface area contributed by atoms with Crippen molar-refractivity contribution in [3.05, 3.63) is 75.9 Å². The fourth-order valence-corrected chi connectivity index (χ4v) is 1.58. The fraction of sp³-hybridized carbons (Fsp3) is 0.133. The molecule has 0 saturated heterocycles. The maximum atomic E-state index is 11.6. The molecule has 0 spiro atoms. The van der Waals surface area contributed by atoms with Crippen LogP contribution >= 0.6 is 0 Å². The van der Waals surface area contributed by atoms with Crippen LogP contribution in [0, 0.1) is 6.92 Å². The van der Waals surface area contributed by atoms with Gasteiger partial charge in [-0.25, -0.2) is 0 Å². The van der Waals surface area contributed by atoms with E-state index in [0.29, 0.717) is 12.2 Å². The summed E-state index contributed by atoms with van der Waals surface area (Å²) in [5.41, 5.74) is 3.06. The number of aryl methyl sites for hydroxylation is 1. The Morgan fingerprint density at radius 2 is 1.65 bits per heavy atom. The molecule has 0 atom stereocenters. The SMILES string of the molecule is Cc1ccc(CNc2cccccc2=O)cc1. The molecule has 2 heteroatoms. The van der Waals surface area contributed by atoms with E-state index in [1.807, 2.05) is 12.1 Å². The van der Waals surface area contributed by atoms with Crippen LogP contribution in [0.5, 0.6) is 0 Å². The molecule has 86 valence electrons. The molecule has 0 aliphatic carbocycles. The minimum Gasteiger partial charge on any atom is -0.378 e. The molecular weight excluding hydrogens is 210 g/mol. The van der Waals surface area contributed by atoms with Gasteiger partial charge in [0.1, 0.15) is 0 Å². The zero-order chi connectivity index (χ0) is 12.1. The van der Waals surface area contributed by atoms with E-state index >= 15 is 0 Å². The zero-order valence-corrected chi connectivity index (χ0v) is 9.81. The third-order valence-electron chi connectivity index (χ3n) is 2.60. The maximum absolute atomic E-state index is 11.6. The highest BCUT2D eigenvalue weighted by molar-refractivity contribution is 5.42. The van der Waals surface area contributed by atoms with Gasteiger partial charge < -0.3 is 5.32 Å². The third kappa shape index (κ3) is 3.18. The van der Waals surface area contributed by atoms with Crippen LogP contribution in [0.3, 0.4) is 0 Å². The van der Waals surface area contributed by atoms with Crippen molar-refractivity contribution >= 4 is 5.69 Å². The molecule has 0 aromatic heterocycles. The molecule has 0 heterocycles. The quantitative estimate of drug-likeness (QED) is 0.870. The van der Waals surface area contributed by atoms with Gasteiger partial charge in [-0.15, -0.1) is 0 Å². The molecule has 0 radical (unpaired) electrons. The molecule has 0 bridgehead atoms. The lowest BCUT2D eigenvalue weighted by atomic mass is 10.1. The molecule has 2 aromatic rings. The van der Waals surface area contributed by atoms with Crippen LogP contribution in [-0.4, -0.2) is 0 Å². The normalized spacial score (nSPS) is 9.94. The van der Waals surface area contributed by atoms with Crippen molar-refractivity contribution in [2.45, 2.75) is 13.5 Å². The number of anilines is 1. The largest absolute Gasteiger partial charge is 0.378 e. The van der Waals surface area contributed by atoms with Crippen molar-refractivity contribution in [3.8, 4) is 0 Å². The Bertz CT molecular complexity index is 546. The summed E-state index contributed by atoms with van der Waals surface area (Å²) in [6.07, 6.45) is 0. The predicted molar refractivity (Wildman–Crippen MR) is 71.2 cm³/mol. The van der Waals surface area contributed by atoms with Gasteiger partial charge in [-0.2, -0.15) is 0 Å². The zero-order valence-electron chi connectivity index (χ0n) is 9.81. The number of hydrogen-bond acceptors (Lipinski definition) is 2. The topological polar surface area (TPSA) is 29.1 Å². The molecule has 0 amide bonds. The van der Waals surface area contributed by atoms with Crippen LogP contribution < -0.4 is 10.7 Å². The van der Waals surface area contributed by atoms with E-state index in [1.165, 1.54) is 11.1 Å². The van der Waals surface area contributed by atoms with Gasteiger partial charge in [-0.3, -0.25) is 4.79 Å². The Labute approximate surface area is 101 Å². The number of benzene rings is 1. The van der Waals surface area contributed by atoms with E-state index in [9.17, 15) is 4.79 Å². The fourth-order valence-electron chi connectivity index (χ4n) is 1.58. The summed E-state index contributed by atoms with van der Waals surface area (Å²) in [6, 6.07) is 17.1. The second kappa shape index (κ2) is 5.30. The second-order valence-electron chi connectivity index (χ2n) is 4.03. The minimum atomic E-state index is 0.0158. The standard InChI is InChI=1S/C15H15NO/c1-12-7-9-13(10-8-12)11-16-14-5-3-2-4-6-15(14)17/h2-10H,11H2,1H3,(H,16,17). The molecule has 0 saturated carbocycles. The average Bonchev–Trinajstić information content (AvgIpc) is 2.54. The van der Waals surface area contributed by atoms with E-state index in [1.54, 1.807) is 18.2 Å². The van der Waals surface area contributed by atoms with Crippen molar-refractivity contribution in [2.24, 2.45) is 0 Å². The summed E-state index contributed by atoms with van der Waals surface area (Å²) in [7, 11) is 0. The van der Waals surface area contributed by atoms with Crippen LogP contribution in [0.2, 0.25) is 0 Å². The van der Waals surface area contributed by atoms with Gasteiger partial charge in [0.15, 0.2) is 0 Å². The average molecular weight is 225 g/mol. The van der Waals surface area contributed by atoms with E-state index < -0.39 is 0 Å². The van der Waals surface area contributed by atoms with Crippen LogP contribution in [0.25, 0.3) is 0 Å². The Kier molecular flexibility index (Phi) is 3.55. The highest BCUT2D eigenvalue weighted by Gasteiger charge is 1.96. The monoisotopic (exact) mass is 225 g/mol. The van der Waals surface area contributed by atoms with Crippen LogP contribution in [-0.2, 0) is 6.54 Å².